The monoisotopic (exact) mass is 493 g/mol. The largest absolute Gasteiger partial charge is 0.489 e. The fraction of sp³-hybridized carbons (Fsp3) is 0.192. The zero-order chi connectivity index (χ0) is 24.6. The first-order chi connectivity index (χ1) is 16.8. The molecule has 0 amide bonds. The highest BCUT2D eigenvalue weighted by atomic mass is 32.2. The van der Waals surface area contributed by atoms with Crippen LogP contribution in [-0.4, -0.2) is 42.8 Å². The molecule has 4 atom stereocenters. The average molecular weight is 494 g/mol. The third kappa shape index (κ3) is 4.66. The normalized spacial score (nSPS) is 23.0. The molecule has 0 bridgehead atoms. The van der Waals surface area contributed by atoms with Gasteiger partial charge in [-0.05, 0) is 42.5 Å². The van der Waals surface area contributed by atoms with Crippen LogP contribution in [-0.2, 0) is 14.8 Å². The van der Waals surface area contributed by atoms with Crippen LogP contribution in [0.3, 0.4) is 0 Å². The summed E-state index contributed by atoms with van der Waals surface area (Å²) >= 11 is 0. The number of para-hydroxylation sites is 2. The highest BCUT2D eigenvalue weighted by Crippen LogP contribution is 2.49. The summed E-state index contributed by atoms with van der Waals surface area (Å²) in [5, 5.41) is 19.6. The molecule has 0 aromatic heterocycles. The number of rotatable bonds is 7. The van der Waals surface area contributed by atoms with E-state index in [2.05, 4.69) is 4.72 Å². The van der Waals surface area contributed by atoms with Crippen molar-refractivity contribution in [2.45, 2.75) is 35.5 Å². The van der Waals surface area contributed by atoms with Gasteiger partial charge >= 0.3 is 5.97 Å². The zero-order valence-electron chi connectivity index (χ0n) is 18.4. The molecule has 0 saturated heterocycles. The Morgan fingerprint density at radius 2 is 1.71 bits per heavy atom. The summed E-state index contributed by atoms with van der Waals surface area (Å²) < 4.78 is 40.8. The SMILES string of the molecule is O=C(O)C=Cc1cccc2c1OC1CC(O)C(NS(=O)(=O)c3ccc(Oc4ccccc4)cc3)C21. The molecule has 9 heteroatoms. The predicted molar refractivity (Wildman–Crippen MR) is 128 cm³/mol. The highest BCUT2D eigenvalue weighted by Gasteiger charge is 2.51. The maximum absolute atomic E-state index is 13.2. The summed E-state index contributed by atoms with van der Waals surface area (Å²) in [4.78, 5) is 11.0. The molecule has 1 heterocycles. The van der Waals surface area contributed by atoms with E-state index in [1.807, 2.05) is 24.3 Å². The topological polar surface area (TPSA) is 122 Å². The van der Waals surface area contributed by atoms with Gasteiger partial charge in [-0.25, -0.2) is 17.9 Å². The summed E-state index contributed by atoms with van der Waals surface area (Å²) in [5.74, 6) is 0.157. The van der Waals surface area contributed by atoms with Gasteiger partial charge in [0.1, 0.15) is 23.4 Å². The third-order valence-electron chi connectivity index (χ3n) is 6.19. The lowest BCUT2D eigenvalue weighted by Crippen LogP contribution is -2.43. The van der Waals surface area contributed by atoms with Crippen LogP contribution in [0, 0.1) is 0 Å². The zero-order valence-corrected chi connectivity index (χ0v) is 19.3. The van der Waals surface area contributed by atoms with E-state index >= 15 is 0 Å². The van der Waals surface area contributed by atoms with Crippen LogP contribution < -0.4 is 14.2 Å². The average Bonchev–Trinajstić information content (AvgIpc) is 3.34. The number of ether oxygens (including phenoxy) is 2. The van der Waals surface area contributed by atoms with Crippen molar-refractivity contribution in [3.05, 3.63) is 90.0 Å². The molecule has 3 N–H and O–H groups in total. The fourth-order valence-electron chi connectivity index (χ4n) is 4.64. The summed E-state index contributed by atoms with van der Waals surface area (Å²) in [6.45, 7) is 0. The first-order valence-corrected chi connectivity index (χ1v) is 12.5. The van der Waals surface area contributed by atoms with Gasteiger partial charge in [0.05, 0.1) is 17.0 Å². The van der Waals surface area contributed by atoms with Gasteiger partial charge in [0.25, 0.3) is 0 Å². The van der Waals surface area contributed by atoms with Gasteiger partial charge in [-0.2, -0.15) is 0 Å². The van der Waals surface area contributed by atoms with E-state index < -0.39 is 40.2 Å². The molecule has 1 saturated carbocycles. The minimum absolute atomic E-state index is 0.0471. The number of aliphatic hydroxyl groups is 1. The number of benzene rings is 3. The van der Waals surface area contributed by atoms with E-state index in [0.717, 1.165) is 11.6 Å². The molecule has 8 nitrogen and oxygen atoms in total. The lowest BCUT2D eigenvalue weighted by molar-refractivity contribution is -0.131. The molecule has 0 spiro atoms. The van der Waals surface area contributed by atoms with Gasteiger partial charge in [0.2, 0.25) is 10.0 Å². The Labute approximate surface area is 202 Å². The Morgan fingerprint density at radius 3 is 2.43 bits per heavy atom. The van der Waals surface area contributed by atoms with Gasteiger partial charge in [0, 0.05) is 29.5 Å². The number of carbonyl (C=O) groups is 1. The van der Waals surface area contributed by atoms with Crippen molar-refractivity contribution in [3.63, 3.8) is 0 Å². The maximum Gasteiger partial charge on any atom is 0.328 e. The number of sulfonamides is 1. The number of nitrogens with one attached hydrogen (secondary N) is 1. The number of hydrogen-bond acceptors (Lipinski definition) is 6. The van der Waals surface area contributed by atoms with Crippen LogP contribution in [0.15, 0.2) is 83.8 Å². The fourth-order valence-corrected chi connectivity index (χ4v) is 5.94. The van der Waals surface area contributed by atoms with Crippen LogP contribution in [0.25, 0.3) is 6.08 Å². The van der Waals surface area contributed by atoms with Crippen molar-refractivity contribution in [2.75, 3.05) is 0 Å². The Bertz CT molecular complexity index is 1370. The van der Waals surface area contributed by atoms with Crippen molar-refractivity contribution in [2.24, 2.45) is 0 Å². The maximum atomic E-state index is 13.2. The van der Waals surface area contributed by atoms with E-state index in [1.54, 1.807) is 36.4 Å². The first kappa shape index (κ1) is 23.1. The number of hydrogen-bond donors (Lipinski definition) is 3. The standard InChI is InChI=1S/C26H23NO7S/c28-21-15-22-24(20-8-4-5-16(26(20)34-22)9-14-23(29)30)25(21)27-35(31,32)19-12-10-18(11-13-19)33-17-6-2-1-3-7-17/h1-14,21-22,24-25,27-28H,15H2,(H,29,30). The van der Waals surface area contributed by atoms with Crippen LogP contribution in [0.2, 0.25) is 0 Å². The molecule has 1 fully saturated rings. The van der Waals surface area contributed by atoms with Crippen LogP contribution in [0.4, 0.5) is 0 Å². The molecular weight excluding hydrogens is 470 g/mol. The number of carboxylic acid groups (broad SMARTS) is 1. The molecule has 1 aliphatic carbocycles. The lowest BCUT2D eigenvalue weighted by atomic mass is 9.93. The van der Waals surface area contributed by atoms with Crippen molar-refractivity contribution < 1.29 is 32.9 Å². The van der Waals surface area contributed by atoms with Gasteiger partial charge < -0.3 is 19.7 Å². The quantitative estimate of drug-likeness (QED) is 0.431. The van der Waals surface area contributed by atoms with Crippen molar-refractivity contribution >= 4 is 22.1 Å². The molecule has 1 aliphatic heterocycles. The Morgan fingerprint density at radius 1 is 1.00 bits per heavy atom. The third-order valence-corrected chi connectivity index (χ3v) is 7.66. The molecule has 180 valence electrons. The van der Waals surface area contributed by atoms with E-state index in [-0.39, 0.29) is 11.3 Å². The van der Waals surface area contributed by atoms with E-state index in [9.17, 15) is 18.3 Å². The first-order valence-electron chi connectivity index (χ1n) is 11.1. The minimum atomic E-state index is -3.95. The number of aliphatic hydroxyl groups excluding tert-OH is 1. The summed E-state index contributed by atoms with van der Waals surface area (Å²) in [6.07, 6.45) is 1.35. The summed E-state index contributed by atoms with van der Waals surface area (Å²) in [7, 11) is -3.95. The highest BCUT2D eigenvalue weighted by molar-refractivity contribution is 7.89. The summed E-state index contributed by atoms with van der Waals surface area (Å²) in [5.41, 5.74) is 1.32. The molecular formula is C26H23NO7S. The predicted octanol–water partition coefficient (Wildman–Crippen LogP) is 3.53. The Hall–Kier alpha value is -3.66. The van der Waals surface area contributed by atoms with Crippen molar-refractivity contribution in [1.82, 2.24) is 4.72 Å². The second-order valence-corrected chi connectivity index (χ2v) is 10.2. The number of carboxylic acids is 1. The molecule has 4 unspecified atom stereocenters. The van der Waals surface area contributed by atoms with Gasteiger partial charge in [-0.15, -0.1) is 0 Å². The smallest absolute Gasteiger partial charge is 0.328 e. The van der Waals surface area contributed by atoms with Gasteiger partial charge in [-0.1, -0.05) is 36.4 Å². The Balaban J connectivity index is 1.37. The van der Waals surface area contributed by atoms with E-state index in [1.165, 1.54) is 18.2 Å². The van der Waals surface area contributed by atoms with Gasteiger partial charge in [0.15, 0.2) is 0 Å². The minimum Gasteiger partial charge on any atom is -0.489 e. The summed E-state index contributed by atoms with van der Waals surface area (Å²) in [6, 6.07) is 19.7. The van der Waals surface area contributed by atoms with Crippen molar-refractivity contribution in [1.29, 1.82) is 0 Å². The van der Waals surface area contributed by atoms with E-state index in [0.29, 0.717) is 22.8 Å². The number of fused-ring (bicyclic) bond motifs is 3. The van der Waals surface area contributed by atoms with Gasteiger partial charge in [-0.3, -0.25) is 0 Å². The second kappa shape index (κ2) is 9.18. The van der Waals surface area contributed by atoms with Crippen LogP contribution in [0.5, 0.6) is 17.2 Å². The Kier molecular flexibility index (Phi) is 6.06. The van der Waals surface area contributed by atoms with Crippen LogP contribution >= 0.6 is 0 Å². The molecule has 3 aromatic carbocycles. The molecule has 5 rings (SSSR count). The lowest BCUT2D eigenvalue weighted by Gasteiger charge is -2.22. The second-order valence-electron chi connectivity index (χ2n) is 8.46. The van der Waals surface area contributed by atoms with Crippen LogP contribution in [0.1, 0.15) is 23.5 Å². The molecule has 2 aliphatic rings. The number of aliphatic carboxylic acids is 1. The van der Waals surface area contributed by atoms with E-state index in [4.69, 9.17) is 14.6 Å². The molecule has 35 heavy (non-hydrogen) atoms. The van der Waals surface area contributed by atoms with Crippen molar-refractivity contribution in [3.8, 4) is 17.2 Å². The molecule has 0 radical (unpaired) electrons. The molecule has 3 aromatic rings.